The van der Waals surface area contributed by atoms with Crippen LogP contribution in [0, 0.1) is 17.5 Å². The van der Waals surface area contributed by atoms with E-state index in [4.69, 9.17) is 4.74 Å². The van der Waals surface area contributed by atoms with E-state index in [9.17, 15) is 31.5 Å². The number of nitrogens with zero attached hydrogens (tertiary/aromatic N) is 2. The van der Waals surface area contributed by atoms with Crippen LogP contribution in [0.25, 0.3) is 11.3 Å². The van der Waals surface area contributed by atoms with Crippen LogP contribution in [0.2, 0.25) is 0 Å². The lowest BCUT2D eigenvalue weighted by Crippen LogP contribution is -2.20. The minimum Gasteiger partial charge on any atom is -0.505 e. The number of hydrogen-bond donors (Lipinski definition) is 1. The van der Waals surface area contributed by atoms with Crippen LogP contribution in [0.5, 0.6) is 11.5 Å². The molecule has 0 amide bonds. The van der Waals surface area contributed by atoms with Crippen molar-refractivity contribution in [2.45, 2.75) is 31.1 Å². The molecule has 1 aromatic heterocycles. The average molecular weight is 497 g/mol. The molecule has 11 heteroatoms. The Balaban J connectivity index is 1.80. The van der Waals surface area contributed by atoms with E-state index in [-0.39, 0.29) is 46.2 Å². The lowest BCUT2D eigenvalue weighted by molar-refractivity contribution is 0.304. The zero-order valence-electron chi connectivity index (χ0n) is 18.5. The van der Waals surface area contributed by atoms with E-state index >= 15 is 0 Å². The number of aryl methyl sites for hydroxylation is 2. The van der Waals surface area contributed by atoms with Gasteiger partial charge in [0.25, 0.3) is 5.56 Å². The van der Waals surface area contributed by atoms with E-state index in [0.29, 0.717) is 18.9 Å². The van der Waals surface area contributed by atoms with Gasteiger partial charge in [0.15, 0.2) is 27.2 Å². The van der Waals surface area contributed by atoms with Crippen LogP contribution in [0.3, 0.4) is 0 Å². The van der Waals surface area contributed by atoms with Crippen LogP contribution < -0.4 is 10.3 Å². The fourth-order valence-electron chi connectivity index (χ4n) is 3.27. The summed E-state index contributed by atoms with van der Waals surface area (Å²) in [5, 5.41) is 13.8. The minimum atomic E-state index is -3.61. The molecule has 2 aromatic carbocycles. The van der Waals surface area contributed by atoms with Gasteiger partial charge in [0, 0.05) is 24.7 Å². The molecule has 0 radical (unpaired) electrons. The molecule has 0 saturated heterocycles. The van der Waals surface area contributed by atoms with Crippen LogP contribution in [-0.4, -0.2) is 35.7 Å². The smallest absolute Gasteiger partial charge is 0.270 e. The topological polar surface area (TPSA) is 98.5 Å². The summed E-state index contributed by atoms with van der Waals surface area (Å²) in [6.45, 7) is 1.52. The molecule has 0 spiro atoms. The van der Waals surface area contributed by atoms with Gasteiger partial charge in [-0.15, -0.1) is 0 Å². The van der Waals surface area contributed by atoms with Gasteiger partial charge in [-0.05, 0) is 49.1 Å². The fraction of sp³-hybridized carbons (Fsp3) is 0.304. The first kappa shape index (κ1) is 25.3. The van der Waals surface area contributed by atoms with Crippen molar-refractivity contribution in [3.8, 4) is 22.8 Å². The van der Waals surface area contributed by atoms with Crippen molar-refractivity contribution in [1.82, 2.24) is 9.78 Å². The highest BCUT2D eigenvalue weighted by Crippen LogP contribution is 2.31. The Morgan fingerprint density at radius 3 is 2.50 bits per heavy atom. The second-order valence-electron chi connectivity index (χ2n) is 7.57. The van der Waals surface area contributed by atoms with E-state index in [2.05, 4.69) is 5.10 Å². The summed E-state index contributed by atoms with van der Waals surface area (Å²) in [6, 6.07) is 6.07. The molecule has 1 N–H and O–H groups in total. The monoisotopic (exact) mass is 496 g/mol. The molecule has 0 saturated carbocycles. The molecular formula is C23H23F3N2O5S. The van der Waals surface area contributed by atoms with Gasteiger partial charge in [0.2, 0.25) is 0 Å². The van der Waals surface area contributed by atoms with E-state index in [1.54, 1.807) is 0 Å². The summed E-state index contributed by atoms with van der Waals surface area (Å²) < 4.78 is 72.5. The van der Waals surface area contributed by atoms with Crippen molar-refractivity contribution in [3.05, 3.63) is 69.8 Å². The Morgan fingerprint density at radius 2 is 1.79 bits per heavy atom. The van der Waals surface area contributed by atoms with Crippen molar-refractivity contribution in [2.75, 3.05) is 12.4 Å². The number of halogens is 3. The summed E-state index contributed by atoms with van der Waals surface area (Å²) in [4.78, 5) is 12.0. The molecule has 0 aliphatic rings. The minimum absolute atomic E-state index is 0.0345. The third-order valence-corrected chi connectivity index (χ3v) is 6.93. The van der Waals surface area contributed by atoms with Gasteiger partial charge >= 0.3 is 0 Å². The van der Waals surface area contributed by atoms with Gasteiger partial charge < -0.3 is 9.84 Å². The van der Waals surface area contributed by atoms with Crippen LogP contribution in [0.4, 0.5) is 13.2 Å². The summed E-state index contributed by atoms with van der Waals surface area (Å²) in [7, 11) is -2.25. The number of unbranched alkanes of at least 4 members (excludes halogenated alkanes) is 1. The van der Waals surface area contributed by atoms with E-state index in [1.807, 2.05) is 0 Å². The number of sulfone groups is 1. The fourth-order valence-corrected chi connectivity index (χ4v) is 4.18. The molecule has 34 heavy (non-hydrogen) atoms. The Morgan fingerprint density at radius 1 is 1.06 bits per heavy atom. The molecule has 3 aromatic rings. The van der Waals surface area contributed by atoms with Gasteiger partial charge in [0.1, 0.15) is 17.3 Å². The molecule has 0 aliphatic heterocycles. The van der Waals surface area contributed by atoms with Crippen molar-refractivity contribution in [1.29, 1.82) is 0 Å². The second kappa shape index (κ2) is 10.3. The van der Waals surface area contributed by atoms with Gasteiger partial charge in [-0.2, -0.15) is 5.10 Å². The highest BCUT2D eigenvalue weighted by atomic mass is 32.2. The first-order valence-electron chi connectivity index (χ1n) is 10.4. The Bertz CT molecular complexity index is 1370. The molecule has 1 heterocycles. The van der Waals surface area contributed by atoms with Crippen molar-refractivity contribution >= 4 is 9.84 Å². The standard InChI is InChI=1S/C23H23F3N2O5S/c1-3-34(31,32)16-7-8-18(25)17(12-16)22-20(13-21(29)28(2)27-22)33-9-5-4-6-14-10-15(24)11-19(26)23(14)30/h7-8,10-13,30H,3-6,9H2,1-2H3. The summed E-state index contributed by atoms with van der Waals surface area (Å²) in [5.41, 5.74) is -0.584. The number of phenols is 1. The third kappa shape index (κ3) is 5.58. The molecule has 7 nitrogen and oxygen atoms in total. The number of rotatable bonds is 9. The summed E-state index contributed by atoms with van der Waals surface area (Å²) in [6.07, 6.45) is 0.943. The third-order valence-electron chi connectivity index (χ3n) is 5.19. The van der Waals surface area contributed by atoms with Gasteiger partial charge in [-0.25, -0.2) is 26.3 Å². The maximum absolute atomic E-state index is 14.6. The normalized spacial score (nSPS) is 11.6. The van der Waals surface area contributed by atoms with Crippen LogP contribution in [0.15, 0.2) is 46.1 Å². The van der Waals surface area contributed by atoms with E-state index in [0.717, 1.165) is 35.0 Å². The van der Waals surface area contributed by atoms with Crippen LogP contribution in [0.1, 0.15) is 25.3 Å². The summed E-state index contributed by atoms with van der Waals surface area (Å²) >= 11 is 0. The predicted octanol–water partition coefficient (Wildman–Crippen LogP) is 3.77. The first-order chi connectivity index (χ1) is 16.0. The number of benzene rings is 2. The largest absolute Gasteiger partial charge is 0.505 e. The number of ether oxygens (including phenoxy) is 1. The molecule has 0 atom stereocenters. The number of hydrogen-bond acceptors (Lipinski definition) is 6. The molecule has 0 fully saturated rings. The Hall–Kier alpha value is -3.34. The molecule has 3 rings (SSSR count). The van der Waals surface area contributed by atoms with Crippen LogP contribution >= 0.6 is 0 Å². The molecular weight excluding hydrogens is 473 g/mol. The summed E-state index contributed by atoms with van der Waals surface area (Å²) in [5.74, 6) is -3.41. The Labute approximate surface area is 194 Å². The van der Waals surface area contributed by atoms with Crippen molar-refractivity contribution < 1.29 is 31.4 Å². The highest BCUT2D eigenvalue weighted by molar-refractivity contribution is 7.91. The van der Waals surface area contributed by atoms with Crippen molar-refractivity contribution in [2.24, 2.45) is 7.05 Å². The van der Waals surface area contributed by atoms with E-state index in [1.165, 1.54) is 14.0 Å². The van der Waals surface area contributed by atoms with Crippen molar-refractivity contribution in [3.63, 3.8) is 0 Å². The maximum atomic E-state index is 14.6. The second-order valence-corrected chi connectivity index (χ2v) is 9.84. The van der Waals surface area contributed by atoms with E-state index < -0.39 is 38.6 Å². The number of aromatic hydroxyl groups is 1. The first-order valence-corrected chi connectivity index (χ1v) is 12.1. The maximum Gasteiger partial charge on any atom is 0.270 e. The molecule has 0 bridgehead atoms. The number of aromatic nitrogens is 2. The predicted molar refractivity (Wildman–Crippen MR) is 119 cm³/mol. The van der Waals surface area contributed by atoms with Gasteiger partial charge in [0.05, 0.1) is 17.3 Å². The zero-order chi connectivity index (χ0) is 25.0. The van der Waals surface area contributed by atoms with Gasteiger partial charge in [-0.3, -0.25) is 4.79 Å². The lowest BCUT2D eigenvalue weighted by Gasteiger charge is -2.13. The lowest BCUT2D eigenvalue weighted by atomic mass is 10.1. The Kier molecular flexibility index (Phi) is 7.65. The average Bonchev–Trinajstić information content (AvgIpc) is 2.79. The van der Waals surface area contributed by atoms with Gasteiger partial charge in [-0.1, -0.05) is 6.92 Å². The number of phenolic OH excluding ortho intramolecular Hbond substituents is 1. The molecule has 0 unspecified atom stereocenters. The quantitative estimate of drug-likeness (QED) is 0.358. The zero-order valence-corrected chi connectivity index (χ0v) is 19.3. The highest BCUT2D eigenvalue weighted by Gasteiger charge is 2.20. The molecule has 0 aliphatic carbocycles. The SMILES string of the molecule is CCS(=O)(=O)c1ccc(F)c(-c2nn(C)c(=O)cc2OCCCCc2cc(F)cc(F)c2O)c1. The van der Waals surface area contributed by atoms with Crippen LogP contribution in [-0.2, 0) is 23.3 Å². The molecule has 182 valence electrons.